The van der Waals surface area contributed by atoms with E-state index in [2.05, 4.69) is 20.9 Å². The molecule has 0 radical (unpaired) electrons. The first-order chi connectivity index (χ1) is 7.63. The van der Waals surface area contributed by atoms with E-state index in [1.807, 2.05) is 31.2 Å². The van der Waals surface area contributed by atoms with Gasteiger partial charge in [0.25, 0.3) is 0 Å². The third kappa shape index (κ3) is 2.73. The van der Waals surface area contributed by atoms with Crippen LogP contribution in [-0.4, -0.2) is 4.98 Å². The van der Waals surface area contributed by atoms with Crippen LogP contribution in [0, 0.1) is 6.92 Å². The van der Waals surface area contributed by atoms with Crippen LogP contribution in [0.2, 0.25) is 0 Å². The summed E-state index contributed by atoms with van der Waals surface area (Å²) >= 11 is 3.36. The molecule has 0 spiro atoms. The van der Waals surface area contributed by atoms with E-state index in [1.165, 1.54) is 0 Å². The van der Waals surface area contributed by atoms with Crippen molar-refractivity contribution in [2.45, 2.75) is 6.92 Å². The van der Waals surface area contributed by atoms with Gasteiger partial charge in [-0.25, -0.2) is 4.98 Å². The Morgan fingerprint density at radius 2 is 2.06 bits per heavy atom. The molecule has 0 aliphatic rings. The standard InChI is InChI=1S/C12H11BrN2O/c1-8-2-3-12(15-7-8)16-11-5-9(13)4-10(14)6-11/h2-7H,14H2,1H3. The van der Waals surface area contributed by atoms with E-state index in [1.54, 1.807) is 12.3 Å². The number of ether oxygens (including phenoxy) is 1. The Hall–Kier alpha value is -1.55. The smallest absolute Gasteiger partial charge is 0.219 e. The number of nitrogen functional groups attached to an aromatic ring is 1. The normalized spacial score (nSPS) is 10.1. The van der Waals surface area contributed by atoms with Gasteiger partial charge in [-0.15, -0.1) is 0 Å². The van der Waals surface area contributed by atoms with Crippen molar-refractivity contribution in [2.24, 2.45) is 0 Å². The lowest BCUT2D eigenvalue weighted by molar-refractivity contribution is 0.462. The molecule has 0 saturated carbocycles. The van der Waals surface area contributed by atoms with Gasteiger partial charge in [-0.1, -0.05) is 22.0 Å². The summed E-state index contributed by atoms with van der Waals surface area (Å²) in [6, 6.07) is 9.19. The van der Waals surface area contributed by atoms with Crippen LogP contribution in [-0.2, 0) is 0 Å². The van der Waals surface area contributed by atoms with E-state index in [0.29, 0.717) is 17.3 Å². The first kappa shape index (κ1) is 11.0. The quantitative estimate of drug-likeness (QED) is 0.855. The molecule has 1 aromatic heterocycles. The largest absolute Gasteiger partial charge is 0.439 e. The molecule has 0 aliphatic carbocycles. The molecule has 0 saturated heterocycles. The number of aromatic nitrogens is 1. The highest BCUT2D eigenvalue weighted by molar-refractivity contribution is 9.10. The highest BCUT2D eigenvalue weighted by Gasteiger charge is 2.00. The zero-order valence-corrected chi connectivity index (χ0v) is 10.4. The SMILES string of the molecule is Cc1ccc(Oc2cc(N)cc(Br)c2)nc1. The number of hydrogen-bond donors (Lipinski definition) is 1. The maximum Gasteiger partial charge on any atom is 0.219 e. The minimum Gasteiger partial charge on any atom is -0.439 e. The molecule has 2 N–H and O–H groups in total. The average molecular weight is 279 g/mol. The number of rotatable bonds is 2. The number of aryl methyl sites for hydroxylation is 1. The summed E-state index contributed by atoms with van der Waals surface area (Å²) in [5, 5.41) is 0. The molecule has 0 amide bonds. The van der Waals surface area contributed by atoms with Crippen molar-refractivity contribution in [3.63, 3.8) is 0 Å². The molecule has 0 fully saturated rings. The van der Waals surface area contributed by atoms with Gasteiger partial charge in [0.2, 0.25) is 5.88 Å². The summed E-state index contributed by atoms with van der Waals surface area (Å²) in [5.74, 6) is 1.23. The maximum absolute atomic E-state index is 5.71. The summed E-state index contributed by atoms with van der Waals surface area (Å²) < 4.78 is 6.46. The molecule has 16 heavy (non-hydrogen) atoms. The zero-order valence-electron chi connectivity index (χ0n) is 8.77. The molecule has 4 heteroatoms. The number of pyridine rings is 1. The van der Waals surface area contributed by atoms with E-state index in [0.717, 1.165) is 10.0 Å². The van der Waals surface area contributed by atoms with Gasteiger partial charge >= 0.3 is 0 Å². The van der Waals surface area contributed by atoms with Gasteiger partial charge in [0.1, 0.15) is 5.75 Å². The Morgan fingerprint density at radius 3 is 2.69 bits per heavy atom. The second kappa shape index (κ2) is 4.53. The molecule has 2 rings (SSSR count). The number of anilines is 1. The first-order valence-corrected chi connectivity index (χ1v) is 5.59. The van der Waals surface area contributed by atoms with Gasteiger partial charge in [-0.2, -0.15) is 0 Å². The predicted molar refractivity (Wildman–Crippen MR) is 67.6 cm³/mol. The molecule has 0 atom stereocenters. The van der Waals surface area contributed by atoms with Crippen LogP contribution in [0.3, 0.4) is 0 Å². The summed E-state index contributed by atoms with van der Waals surface area (Å²) in [5.41, 5.74) is 7.45. The number of halogens is 1. The average Bonchev–Trinajstić information content (AvgIpc) is 2.20. The van der Waals surface area contributed by atoms with Crippen molar-refractivity contribution in [1.82, 2.24) is 4.98 Å². The topological polar surface area (TPSA) is 48.1 Å². The van der Waals surface area contributed by atoms with Crippen molar-refractivity contribution in [3.05, 3.63) is 46.6 Å². The Labute approximate surface area is 102 Å². The van der Waals surface area contributed by atoms with Gasteiger partial charge in [0.05, 0.1) is 0 Å². The molecular formula is C12H11BrN2O. The van der Waals surface area contributed by atoms with Crippen LogP contribution in [0.25, 0.3) is 0 Å². The lowest BCUT2D eigenvalue weighted by atomic mass is 10.3. The Kier molecular flexibility index (Phi) is 3.10. The molecule has 1 aromatic carbocycles. The number of nitrogens with zero attached hydrogens (tertiary/aromatic N) is 1. The summed E-state index contributed by atoms with van der Waals surface area (Å²) in [7, 11) is 0. The maximum atomic E-state index is 5.71. The lowest BCUT2D eigenvalue weighted by Crippen LogP contribution is -1.90. The minimum atomic E-state index is 0.558. The van der Waals surface area contributed by atoms with Gasteiger partial charge in [0, 0.05) is 28.5 Å². The third-order valence-corrected chi connectivity index (χ3v) is 2.46. The van der Waals surface area contributed by atoms with E-state index in [9.17, 15) is 0 Å². The Morgan fingerprint density at radius 1 is 1.25 bits per heavy atom. The highest BCUT2D eigenvalue weighted by atomic mass is 79.9. The van der Waals surface area contributed by atoms with Crippen molar-refractivity contribution < 1.29 is 4.74 Å². The number of nitrogens with two attached hydrogens (primary N) is 1. The lowest BCUT2D eigenvalue weighted by Gasteiger charge is -2.06. The molecular weight excluding hydrogens is 268 g/mol. The molecule has 0 unspecified atom stereocenters. The van der Waals surface area contributed by atoms with Crippen LogP contribution in [0.1, 0.15) is 5.56 Å². The summed E-state index contributed by atoms with van der Waals surface area (Å²) in [4.78, 5) is 4.15. The Bertz CT molecular complexity index is 477. The second-order valence-electron chi connectivity index (χ2n) is 3.50. The number of benzene rings is 1. The second-order valence-corrected chi connectivity index (χ2v) is 4.41. The van der Waals surface area contributed by atoms with Crippen LogP contribution >= 0.6 is 15.9 Å². The van der Waals surface area contributed by atoms with E-state index in [-0.39, 0.29) is 0 Å². The van der Waals surface area contributed by atoms with Crippen molar-refractivity contribution in [1.29, 1.82) is 0 Å². The van der Waals surface area contributed by atoms with E-state index >= 15 is 0 Å². The van der Waals surface area contributed by atoms with Gasteiger partial charge in [-0.3, -0.25) is 0 Å². The Balaban J connectivity index is 2.23. The third-order valence-electron chi connectivity index (χ3n) is 2.00. The van der Waals surface area contributed by atoms with Crippen LogP contribution < -0.4 is 10.5 Å². The van der Waals surface area contributed by atoms with Crippen molar-refractivity contribution >= 4 is 21.6 Å². The molecule has 0 bridgehead atoms. The molecule has 3 nitrogen and oxygen atoms in total. The van der Waals surface area contributed by atoms with Gasteiger partial charge in [-0.05, 0) is 24.6 Å². The van der Waals surface area contributed by atoms with Crippen molar-refractivity contribution in [2.75, 3.05) is 5.73 Å². The van der Waals surface area contributed by atoms with Gasteiger partial charge < -0.3 is 10.5 Å². The number of hydrogen-bond acceptors (Lipinski definition) is 3. The van der Waals surface area contributed by atoms with Crippen LogP contribution in [0.5, 0.6) is 11.6 Å². The van der Waals surface area contributed by atoms with Crippen LogP contribution in [0.4, 0.5) is 5.69 Å². The van der Waals surface area contributed by atoms with E-state index < -0.39 is 0 Å². The monoisotopic (exact) mass is 278 g/mol. The summed E-state index contributed by atoms with van der Waals surface area (Å²) in [6.07, 6.45) is 1.76. The summed E-state index contributed by atoms with van der Waals surface area (Å²) in [6.45, 7) is 1.98. The first-order valence-electron chi connectivity index (χ1n) is 4.80. The minimum absolute atomic E-state index is 0.558. The van der Waals surface area contributed by atoms with Gasteiger partial charge in [0.15, 0.2) is 0 Å². The van der Waals surface area contributed by atoms with E-state index in [4.69, 9.17) is 10.5 Å². The molecule has 82 valence electrons. The molecule has 0 aliphatic heterocycles. The fourth-order valence-electron chi connectivity index (χ4n) is 1.28. The predicted octanol–water partition coefficient (Wildman–Crippen LogP) is 3.53. The molecule has 1 heterocycles. The highest BCUT2D eigenvalue weighted by Crippen LogP contribution is 2.26. The van der Waals surface area contributed by atoms with Crippen LogP contribution in [0.15, 0.2) is 41.0 Å². The molecule has 2 aromatic rings. The fraction of sp³-hybridized carbons (Fsp3) is 0.0833. The fourth-order valence-corrected chi connectivity index (χ4v) is 1.77. The van der Waals surface area contributed by atoms with Crippen molar-refractivity contribution in [3.8, 4) is 11.6 Å². The zero-order chi connectivity index (χ0) is 11.5.